The summed E-state index contributed by atoms with van der Waals surface area (Å²) in [5, 5.41) is 0. The van der Waals surface area contributed by atoms with E-state index < -0.39 is 11.5 Å². The highest BCUT2D eigenvalue weighted by Crippen LogP contribution is 2.19. The molecule has 1 aliphatic rings. The molecule has 3 rings (SSSR count). The SMILES string of the molecule is C[C@@]1(C(N)=O)CN(C(=O)c2ccc(Cc3cccc(F)c3)nc2)CCO1. The van der Waals surface area contributed by atoms with Crippen LogP contribution >= 0.6 is 0 Å². The molecule has 1 atom stereocenters. The largest absolute Gasteiger partial charge is 0.367 e. The van der Waals surface area contributed by atoms with E-state index in [2.05, 4.69) is 4.98 Å². The summed E-state index contributed by atoms with van der Waals surface area (Å²) in [5.74, 6) is -1.12. The Hall–Kier alpha value is -2.80. The maximum Gasteiger partial charge on any atom is 0.255 e. The van der Waals surface area contributed by atoms with Crippen molar-refractivity contribution < 1.29 is 18.7 Å². The predicted molar refractivity (Wildman–Crippen MR) is 92.9 cm³/mol. The van der Waals surface area contributed by atoms with Crippen LogP contribution in [-0.4, -0.2) is 47.0 Å². The molecule has 0 spiro atoms. The standard InChI is InChI=1S/C19H20FN3O3/c1-19(18(21)25)12-23(7-8-26-19)17(24)14-5-6-16(22-11-14)10-13-3-2-4-15(20)9-13/h2-6,9,11H,7-8,10,12H2,1H3,(H2,21,25)/t19-/m0/s1. The van der Waals surface area contributed by atoms with E-state index in [0.29, 0.717) is 18.5 Å². The molecule has 2 heterocycles. The average Bonchev–Trinajstić information content (AvgIpc) is 2.62. The zero-order valence-corrected chi connectivity index (χ0v) is 14.4. The molecule has 2 amide bonds. The van der Waals surface area contributed by atoms with Crippen molar-refractivity contribution in [2.75, 3.05) is 19.7 Å². The van der Waals surface area contributed by atoms with Gasteiger partial charge in [-0.2, -0.15) is 0 Å². The molecule has 0 bridgehead atoms. The summed E-state index contributed by atoms with van der Waals surface area (Å²) in [6, 6.07) is 9.74. The number of carbonyl (C=O) groups excluding carboxylic acids is 2. The van der Waals surface area contributed by atoms with Crippen molar-refractivity contribution in [3.05, 3.63) is 65.2 Å². The third kappa shape index (κ3) is 3.88. The lowest BCUT2D eigenvalue weighted by Gasteiger charge is -2.38. The first kappa shape index (κ1) is 18.0. The maximum absolute atomic E-state index is 13.3. The number of carbonyl (C=O) groups is 2. The Morgan fingerprint density at radius 1 is 1.35 bits per heavy atom. The van der Waals surface area contributed by atoms with Gasteiger partial charge in [0.2, 0.25) is 0 Å². The molecule has 0 radical (unpaired) electrons. The number of hydrogen-bond acceptors (Lipinski definition) is 4. The van der Waals surface area contributed by atoms with E-state index in [9.17, 15) is 14.0 Å². The highest BCUT2D eigenvalue weighted by molar-refractivity contribution is 5.95. The molecule has 6 nitrogen and oxygen atoms in total. The summed E-state index contributed by atoms with van der Waals surface area (Å²) in [5.41, 5.74) is 6.14. The number of halogens is 1. The lowest BCUT2D eigenvalue weighted by Crippen LogP contribution is -2.58. The summed E-state index contributed by atoms with van der Waals surface area (Å²) in [6.45, 7) is 2.31. The topological polar surface area (TPSA) is 85.5 Å². The number of pyridine rings is 1. The zero-order valence-electron chi connectivity index (χ0n) is 14.4. The molecule has 2 N–H and O–H groups in total. The van der Waals surface area contributed by atoms with Crippen LogP contribution in [0, 0.1) is 5.82 Å². The molecule has 1 aromatic carbocycles. The first-order chi connectivity index (χ1) is 12.4. The Bertz CT molecular complexity index is 825. The minimum absolute atomic E-state index is 0.103. The van der Waals surface area contributed by atoms with Crippen molar-refractivity contribution in [2.45, 2.75) is 18.9 Å². The minimum Gasteiger partial charge on any atom is -0.367 e. The first-order valence-electron chi connectivity index (χ1n) is 8.30. The van der Waals surface area contributed by atoms with Gasteiger partial charge in [0.05, 0.1) is 18.7 Å². The van der Waals surface area contributed by atoms with Crippen LogP contribution in [0.3, 0.4) is 0 Å². The van der Waals surface area contributed by atoms with Crippen LogP contribution in [0.25, 0.3) is 0 Å². The molecule has 26 heavy (non-hydrogen) atoms. The van der Waals surface area contributed by atoms with Gasteiger partial charge >= 0.3 is 0 Å². The van der Waals surface area contributed by atoms with E-state index in [1.54, 1.807) is 25.1 Å². The first-order valence-corrected chi connectivity index (χ1v) is 8.30. The van der Waals surface area contributed by atoms with Crippen LogP contribution in [0.1, 0.15) is 28.5 Å². The Morgan fingerprint density at radius 2 is 2.15 bits per heavy atom. The summed E-state index contributed by atoms with van der Waals surface area (Å²) in [7, 11) is 0. The summed E-state index contributed by atoms with van der Waals surface area (Å²) < 4.78 is 18.7. The molecule has 0 unspecified atom stereocenters. The second kappa shape index (κ2) is 7.21. The van der Waals surface area contributed by atoms with Gasteiger partial charge in [0, 0.05) is 24.9 Å². The maximum atomic E-state index is 13.3. The van der Waals surface area contributed by atoms with Gasteiger partial charge in [-0.15, -0.1) is 0 Å². The van der Waals surface area contributed by atoms with E-state index >= 15 is 0 Å². The van der Waals surface area contributed by atoms with Crippen molar-refractivity contribution >= 4 is 11.8 Å². The van der Waals surface area contributed by atoms with Gasteiger partial charge in [-0.05, 0) is 36.8 Å². The third-order valence-corrected chi connectivity index (χ3v) is 4.43. The van der Waals surface area contributed by atoms with Crippen molar-refractivity contribution in [3.63, 3.8) is 0 Å². The van der Waals surface area contributed by atoms with Crippen LogP contribution in [0.4, 0.5) is 4.39 Å². The number of hydrogen-bond donors (Lipinski definition) is 1. The van der Waals surface area contributed by atoms with Gasteiger partial charge in [0.25, 0.3) is 11.8 Å². The second-order valence-corrected chi connectivity index (χ2v) is 6.52. The normalized spacial score (nSPS) is 20.0. The third-order valence-electron chi connectivity index (χ3n) is 4.43. The van der Waals surface area contributed by atoms with Crippen molar-refractivity contribution in [1.29, 1.82) is 0 Å². The quantitative estimate of drug-likeness (QED) is 0.899. The molecule has 7 heteroatoms. The molecular formula is C19H20FN3O3. The second-order valence-electron chi connectivity index (χ2n) is 6.52. The van der Waals surface area contributed by atoms with Crippen molar-refractivity contribution in [1.82, 2.24) is 9.88 Å². The van der Waals surface area contributed by atoms with E-state index in [1.807, 2.05) is 6.07 Å². The van der Waals surface area contributed by atoms with Crippen LogP contribution in [0.5, 0.6) is 0 Å². The molecule has 1 fully saturated rings. The summed E-state index contributed by atoms with van der Waals surface area (Å²) >= 11 is 0. The lowest BCUT2D eigenvalue weighted by atomic mass is 10.0. The zero-order chi connectivity index (χ0) is 18.7. The number of rotatable bonds is 4. The molecule has 1 aliphatic heterocycles. The van der Waals surface area contributed by atoms with Gasteiger partial charge < -0.3 is 15.4 Å². The predicted octanol–water partition coefficient (Wildman–Crippen LogP) is 1.53. The molecule has 0 saturated carbocycles. The summed E-state index contributed by atoms with van der Waals surface area (Å²) in [6.07, 6.45) is 1.97. The van der Waals surface area contributed by atoms with Gasteiger partial charge in [0.15, 0.2) is 5.60 Å². The van der Waals surface area contributed by atoms with Crippen molar-refractivity contribution in [3.8, 4) is 0 Å². The molecular weight excluding hydrogens is 337 g/mol. The Morgan fingerprint density at radius 3 is 2.81 bits per heavy atom. The van der Waals surface area contributed by atoms with Crippen LogP contribution in [0.15, 0.2) is 42.6 Å². The smallest absolute Gasteiger partial charge is 0.255 e. The Labute approximate surface area is 150 Å². The number of morpholine rings is 1. The van der Waals surface area contributed by atoms with Gasteiger partial charge in [-0.25, -0.2) is 4.39 Å². The average molecular weight is 357 g/mol. The molecule has 1 aromatic heterocycles. The number of primary amides is 1. The lowest BCUT2D eigenvalue weighted by molar-refractivity contribution is -0.150. The number of aromatic nitrogens is 1. The van der Waals surface area contributed by atoms with Crippen LogP contribution < -0.4 is 5.73 Å². The van der Waals surface area contributed by atoms with Crippen LogP contribution in [-0.2, 0) is 16.0 Å². The van der Waals surface area contributed by atoms with Gasteiger partial charge in [0.1, 0.15) is 5.82 Å². The Kier molecular flexibility index (Phi) is 4.99. The fourth-order valence-corrected chi connectivity index (χ4v) is 2.89. The van der Waals surface area contributed by atoms with E-state index in [1.165, 1.54) is 23.2 Å². The minimum atomic E-state index is -1.18. The van der Waals surface area contributed by atoms with Crippen molar-refractivity contribution in [2.24, 2.45) is 5.73 Å². The highest BCUT2D eigenvalue weighted by atomic mass is 19.1. The van der Waals surface area contributed by atoms with E-state index in [4.69, 9.17) is 10.5 Å². The molecule has 0 aliphatic carbocycles. The van der Waals surface area contributed by atoms with Gasteiger partial charge in [-0.3, -0.25) is 14.6 Å². The monoisotopic (exact) mass is 357 g/mol. The number of amides is 2. The van der Waals surface area contributed by atoms with Gasteiger partial charge in [-0.1, -0.05) is 12.1 Å². The molecule has 1 saturated heterocycles. The number of benzene rings is 1. The fourth-order valence-electron chi connectivity index (χ4n) is 2.89. The number of ether oxygens (including phenoxy) is 1. The Balaban J connectivity index is 1.70. The fraction of sp³-hybridized carbons (Fsp3) is 0.316. The number of nitrogens with two attached hydrogens (primary N) is 1. The molecule has 136 valence electrons. The number of nitrogens with zero attached hydrogens (tertiary/aromatic N) is 2. The van der Waals surface area contributed by atoms with E-state index in [0.717, 1.165) is 11.3 Å². The van der Waals surface area contributed by atoms with Crippen LogP contribution in [0.2, 0.25) is 0 Å². The highest BCUT2D eigenvalue weighted by Gasteiger charge is 2.39. The van der Waals surface area contributed by atoms with E-state index in [-0.39, 0.29) is 24.9 Å². The molecule has 2 aromatic rings. The summed E-state index contributed by atoms with van der Waals surface area (Å²) in [4.78, 5) is 30.0.